The Hall–Kier alpha value is -19.9. The second kappa shape index (κ2) is 41.1. The first-order chi connectivity index (χ1) is 67.3. The molecule has 0 aliphatic carbocycles. The van der Waals surface area contributed by atoms with Gasteiger partial charge in [-0.15, -0.1) is 0 Å². The summed E-state index contributed by atoms with van der Waals surface area (Å²) in [6.07, 6.45) is -11.6. The maximum absolute atomic E-state index is 15.3. The standard InChI is InChI=1S/C76H52O46.C18H22N2/c77-32-1-22(2-33(78)53(32)92)67(103)113-47-16-27(11-42(87)58(47)97)66(102)112-21-52-63(119-72(108)28-12-43(88)59(98)48(17-28)114-68(104)23-3-34(79)54(93)35(80)4-23)64(120-73(109)29-13-44(89)60(99)49(18-29)115-69(105)24-5-36(81)55(94)37(82)6-24)65(121-74(110)30-14-45(90)61(100)50(19-30)116-70(106)25-7-38(83)56(95)39(84)8-25)76(118-52)122-75(111)31-15-46(91)62(101)51(20-31)117-71(107)26-9-40(85)57(96)41(86)10-26;1-19-13-6-14-20-17-9-4-2-7-15(17)11-12-16-8-3-5-10-18(16)20/h1-20,52,63-65,76-101H,21H2;2-5,7-10,19H,6,11-14H2,1H3/t52-,63-,64+,65-,76+;/m1./s1. The zero-order valence-corrected chi connectivity index (χ0v) is 72.0. The number of esters is 10. The smallest absolute Gasteiger partial charge is 0.343 e. The SMILES string of the molecule is CNCCCN1c2ccccc2CCc2ccccc21.O=C(OC[C@H]1O[C@@H](OC(=O)c2cc(O)c(O)c(OC(=O)c3cc(O)c(O)c(O)c3)c2)[C@H](OC(=O)c2cc(O)c(O)c(OC(=O)c3cc(O)c(O)c(O)c3)c2)[C@@H](OC(=O)c2cc(O)c(O)c(OC(=O)c3cc(O)c(O)c(O)c3)c2)[C@@H]1OC(=O)c1cc(O)c(O)c(OC(=O)c2cc(O)c(O)c(O)c2)c1)c1cc(O)c(O)c(OC(=O)c2cc(O)c(O)c(O)c2)c1. The normalized spacial score (nSPS) is 14.5. The zero-order chi connectivity index (χ0) is 103. The van der Waals surface area contributed by atoms with Crippen LogP contribution >= 0.6 is 0 Å². The zero-order valence-electron chi connectivity index (χ0n) is 72.0. The van der Waals surface area contributed by atoms with Gasteiger partial charge < -0.3 is 190 Å². The lowest BCUT2D eigenvalue weighted by atomic mass is 9.97. The highest BCUT2D eigenvalue weighted by Gasteiger charge is 2.55. The van der Waals surface area contributed by atoms with Gasteiger partial charge in [-0.25, -0.2) is 47.9 Å². The molecule has 0 amide bonds. The van der Waals surface area contributed by atoms with Crippen molar-refractivity contribution in [2.75, 3.05) is 31.6 Å². The summed E-state index contributed by atoms with van der Waals surface area (Å²) < 4.78 is 60.4. The Morgan fingerprint density at radius 1 is 0.282 bits per heavy atom. The van der Waals surface area contributed by atoms with Crippen LogP contribution in [0.4, 0.5) is 11.4 Å². The molecule has 0 bridgehead atoms. The van der Waals surface area contributed by atoms with Gasteiger partial charge in [0.15, 0.2) is 156 Å². The van der Waals surface area contributed by atoms with Crippen molar-refractivity contribution in [3.8, 4) is 172 Å². The van der Waals surface area contributed by atoms with Gasteiger partial charge in [0.2, 0.25) is 41.1 Å². The fourth-order valence-electron chi connectivity index (χ4n) is 13.9. The molecule has 1 fully saturated rings. The number of phenols is 25. The minimum atomic E-state index is -3.12. The van der Waals surface area contributed by atoms with Gasteiger partial charge in [0.25, 0.3) is 0 Å². The molecule has 5 atom stereocenters. The Bertz CT molecular complexity index is 6970. The molecule has 0 radical (unpaired) electrons. The number of hydrogen-bond acceptors (Lipinski definition) is 48. The van der Waals surface area contributed by atoms with E-state index in [4.69, 9.17) is 52.1 Å². The van der Waals surface area contributed by atoms with Crippen LogP contribution in [-0.2, 0) is 41.3 Å². The third kappa shape index (κ3) is 21.5. The van der Waals surface area contributed by atoms with Crippen molar-refractivity contribution in [2.45, 2.75) is 50.0 Å². The van der Waals surface area contributed by atoms with Gasteiger partial charge in [0.1, 0.15) is 12.7 Å². The number of anilines is 2. The van der Waals surface area contributed by atoms with E-state index < -0.39 is 325 Å². The molecule has 12 aromatic carbocycles. The average molecular weight is 1970 g/mol. The van der Waals surface area contributed by atoms with E-state index >= 15 is 14.4 Å². The Morgan fingerprint density at radius 2 is 0.507 bits per heavy atom. The van der Waals surface area contributed by atoms with Crippen LogP contribution in [0.2, 0.25) is 0 Å². The number of aromatic hydroxyl groups is 25. The van der Waals surface area contributed by atoms with Crippen molar-refractivity contribution in [1.82, 2.24) is 5.32 Å². The van der Waals surface area contributed by atoms with E-state index in [2.05, 4.69) is 58.7 Å². The first-order valence-corrected chi connectivity index (χ1v) is 40.7. The van der Waals surface area contributed by atoms with Crippen LogP contribution in [0.5, 0.6) is 172 Å². The van der Waals surface area contributed by atoms with Gasteiger partial charge in [-0.2, -0.15) is 0 Å². The lowest BCUT2D eigenvalue weighted by Crippen LogP contribution is -2.63. The van der Waals surface area contributed by atoms with Crippen LogP contribution in [0, 0.1) is 0 Å². The van der Waals surface area contributed by atoms with Crippen LogP contribution in [-0.4, -0.2) is 245 Å². The third-order valence-corrected chi connectivity index (χ3v) is 21.0. The minimum absolute atomic E-state index is 0.295. The Morgan fingerprint density at radius 3 is 0.775 bits per heavy atom. The molecule has 0 saturated carbocycles. The van der Waals surface area contributed by atoms with Crippen LogP contribution in [0.25, 0.3) is 0 Å². The Kier molecular flexibility index (Phi) is 28.8. The number of carbonyl (C=O) groups excluding carboxylic acids is 10. The fraction of sp³-hybridized carbons (Fsp3) is 0.128. The molecule has 48 heteroatoms. The maximum Gasteiger partial charge on any atom is 0.343 e. The minimum Gasteiger partial charge on any atom is -0.504 e. The summed E-state index contributed by atoms with van der Waals surface area (Å²) in [6.45, 7) is 0.413. The molecule has 2 aliphatic heterocycles. The second-order valence-corrected chi connectivity index (χ2v) is 30.5. The molecule has 0 aromatic heterocycles. The molecule has 736 valence electrons. The Labute approximate surface area is 791 Å². The number of rotatable bonds is 25. The lowest BCUT2D eigenvalue weighted by Gasteiger charge is -2.43. The molecule has 12 aromatic rings. The molecule has 14 rings (SSSR count). The number of hydrogen-bond donors (Lipinski definition) is 26. The van der Waals surface area contributed by atoms with E-state index in [1.807, 2.05) is 7.05 Å². The molecular weight excluding hydrogens is 1890 g/mol. The molecule has 1 saturated heterocycles. The van der Waals surface area contributed by atoms with Crippen molar-refractivity contribution in [3.63, 3.8) is 0 Å². The number of aryl methyl sites for hydroxylation is 2. The Balaban J connectivity index is 0.000000746. The summed E-state index contributed by atoms with van der Waals surface area (Å²) in [4.78, 5) is 145. The molecule has 2 aliphatic rings. The average Bonchev–Trinajstić information content (AvgIpc) is 0.839. The number of nitrogens with zero attached hydrogens (tertiary/aromatic N) is 1. The quantitative estimate of drug-likeness (QED) is 0.00839. The van der Waals surface area contributed by atoms with Crippen molar-refractivity contribution in [1.29, 1.82) is 0 Å². The molecule has 0 spiro atoms. The van der Waals surface area contributed by atoms with Gasteiger partial charge in [-0.3, -0.25) is 0 Å². The summed E-state index contributed by atoms with van der Waals surface area (Å²) in [5.74, 6) is -56.0. The number of benzene rings is 12. The van der Waals surface area contributed by atoms with E-state index in [0.29, 0.717) is 121 Å². The summed E-state index contributed by atoms with van der Waals surface area (Å²) in [5, 5.41) is 264. The van der Waals surface area contributed by atoms with E-state index in [0.717, 1.165) is 32.4 Å². The number of phenolic OH excluding ortho intramolecular Hbond substituents is 25. The van der Waals surface area contributed by atoms with E-state index in [1.54, 1.807) is 0 Å². The van der Waals surface area contributed by atoms with E-state index in [9.17, 15) is 161 Å². The van der Waals surface area contributed by atoms with Gasteiger partial charge >= 0.3 is 59.7 Å². The van der Waals surface area contributed by atoms with E-state index in [-0.39, 0.29) is 0 Å². The second-order valence-electron chi connectivity index (χ2n) is 30.5. The number of ether oxygens (including phenoxy) is 11. The first kappa shape index (κ1) is 99.5. The predicted molar refractivity (Wildman–Crippen MR) is 469 cm³/mol. The van der Waals surface area contributed by atoms with E-state index in [1.165, 1.54) is 22.5 Å². The number of carbonyl (C=O) groups is 10. The van der Waals surface area contributed by atoms with Gasteiger partial charge in [-0.05, 0) is 177 Å². The van der Waals surface area contributed by atoms with Crippen molar-refractivity contribution >= 4 is 71.1 Å². The number of para-hydroxylation sites is 2. The van der Waals surface area contributed by atoms with Crippen LogP contribution in [0.1, 0.15) is 121 Å². The fourth-order valence-corrected chi connectivity index (χ4v) is 13.9. The van der Waals surface area contributed by atoms with Crippen molar-refractivity contribution < 1.29 is 228 Å². The molecule has 26 N–H and O–H groups in total. The lowest BCUT2D eigenvalue weighted by molar-refractivity contribution is -0.282. The highest BCUT2D eigenvalue weighted by molar-refractivity contribution is 6.00. The molecule has 0 unspecified atom stereocenters. The van der Waals surface area contributed by atoms with Crippen molar-refractivity contribution in [2.24, 2.45) is 0 Å². The largest absolute Gasteiger partial charge is 0.504 e. The summed E-state index contributed by atoms with van der Waals surface area (Å²) in [7, 11) is 2.02. The number of fused-ring (bicyclic) bond motifs is 2. The van der Waals surface area contributed by atoms with Crippen LogP contribution in [0.3, 0.4) is 0 Å². The third-order valence-electron chi connectivity index (χ3n) is 21.0. The summed E-state index contributed by atoms with van der Waals surface area (Å²) >= 11 is 0. The summed E-state index contributed by atoms with van der Waals surface area (Å²) in [5.41, 5.74) is -4.19. The molecule has 142 heavy (non-hydrogen) atoms. The monoisotopic (exact) mass is 1970 g/mol. The van der Waals surface area contributed by atoms with Gasteiger partial charge in [0, 0.05) is 17.9 Å². The topological polar surface area (TPSA) is 793 Å². The molecule has 2 heterocycles. The van der Waals surface area contributed by atoms with Gasteiger partial charge in [0.05, 0.1) is 55.6 Å². The number of nitrogens with one attached hydrogen (secondary N) is 1. The predicted octanol–water partition coefficient (Wildman–Crippen LogP) is 8.37. The van der Waals surface area contributed by atoms with Crippen molar-refractivity contribution in [3.05, 3.63) is 237 Å². The maximum atomic E-state index is 15.3. The van der Waals surface area contributed by atoms with Crippen LogP contribution < -0.4 is 33.9 Å². The molecular formula is C94H74N2O46. The summed E-state index contributed by atoms with van der Waals surface area (Å²) in [6, 6.07) is 26.2. The highest BCUT2D eigenvalue weighted by atomic mass is 16.8. The molecule has 48 nitrogen and oxygen atoms in total. The first-order valence-electron chi connectivity index (χ1n) is 40.7. The highest BCUT2D eigenvalue weighted by Crippen LogP contribution is 2.49. The van der Waals surface area contributed by atoms with Gasteiger partial charge in [-0.1, -0.05) is 36.4 Å². The van der Waals surface area contributed by atoms with Crippen LogP contribution in [0.15, 0.2) is 170 Å².